The van der Waals surface area contributed by atoms with Gasteiger partial charge in [-0.3, -0.25) is 5.41 Å². The van der Waals surface area contributed by atoms with Crippen molar-refractivity contribution in [2.75, 3.05) is 0 Å². The summed E-state index contributed by atoms with van der Waals surface area (Å²) in [6.45, 7) is 0. The van der Waals surface area contributed by atoms with E-state index in [1.807, 2.05) is 0 Å². The smallest absolute Gasteiger partial charge is 0.151 e. The van der Waals surface area contributed by atoms with E-state index in [2.05, 4.69) is 12.2 Å². The predicted octanol–water partition coefficient (Wildman–Crippen LogP) is 2.21. The zero-order valence-electron chi connectivity index (χ0n) is 8.15. The van der Waals surface area contributed by atoms with E-state index in [1.54, 1.807) is 11.8 Å². The molecular formula is C11H16N2S. The lowest BCUT2D eigenvalue weighted by Gasteiger charge is -2.30. The van der Waals surface area contributed by atoms with Crippen LogP contribution in [0.15, 0.2) is 12.2 Å². The minimum atomic E-state index is 0.307. The number of thioether (sulfide) groups is 1. The molecule has 0 aromatic carbocycles. The molecule has 0 aromatic rings. The normalized spacial score (nSPS) is 48.4. The average molecular weight is 208 g/mol. The van der Waals surface area contributed by atoms with Gasteiger partial charge in [-0.1, -0.05) is 23.9 Å². The van der Waals surface area contributed by atoms with Crippen molar-refractivity contribution in [2.24, 2.45) is 29.4 Å². The van der Waals surface area contributed by atoms with Gasteiger partial charge in [0.2, 0.25) is 0 Å². The topological polar surface area (TPSA) is 49.9 Å². The Labute approximate surface area is 88.8 Å². The van der Waals surface area contributed by atoms with Crippen LogP contribution in [0.25, 0.3) is 0 Å². The Bertz CT molecular complexity index is 300. The fraction of sp³-hybridized carbons (Fsp3) is 0.727. The predicted molar refractivity (Wildman–Crippen MR) is 60.2 cm³/mol. The Morgan fingerprint density at radius 3 is 3.00 bits per heavy atom. The van der Waals surface area contributed by atoms with Crippen LogP contribution in [0.1, 0.15) is 19.3 Å². The molecule has 2 nitrogen and oxygen atoms in total. The molecule has 0 aliphatic heterocycles. The maximum absolute atomic E-state index is 7.35. The van der Waals surface area contributed by atoms with Gasteiger partial charge in [0.25, 0.3) is 0 Å². The maximum Gasteiger partial charge on any atom is 0.151 e. The van der Waals surface area contributed by atoms with E-state index < -0.39 is 0 Å². The van der Waals surface area contributed by atoms with Gasteiger partial charge >= 0.3 is 0 Å². The zero-order chi connectivity index (χ0) is 9.71. The summed E-state index contributed by atoms with van der Waals surface area (Å²) in [5.41, 5.74) is 5.47. The summed E-state index contributed by atoms with van der Waals surface area (Å²) in [4.78, 5) is 0. The highest BCUT2D eigenvalue weighted by Crippen LogP contribution is 2.59. The largest absolute Gasteiger partial charge is 0.379 e. The fourth-order valence-corrected chi connectivity index (χ4v) is 4.92. The van der Waals surface area contributed by atoms with Crippen LogP contribution in [0.4, 0.5) is 0 Å². The molecule has 3 aliphatic rings. The standard InChI is InChI=1S/C11H16N2S/c12-11(13)14-10-5-6-4-9(10)8-3-1-2-7(6)8/h1,3,6-10H,2,4-5H2,(H3,12,13)/t6-,7+,8-,9+,10-/m1/s1. The zero-order valence-corrected chi connectivity index (χ0v) is 8.96. The van der Waals surface area contributed by atoms with Gasteiger partial charge in [-0.05, 0) is 42.9 Å². The molecule has 3 heteroatoms. The third-order valence-electron chi connectivity index (χ3n) is 4.23. The number of allylic oxidation sites excluding steroid dienone is 2. The van der Waals surface area contributed by atoms with Crippen molar-refractivity contribution >= 4 is 16.9 Å². The SMILES string of the molecule is N=C(N)S[C@@H]1C[C@H]2C[C@H]1[C@@H]1C=CC[C@@H]21. The molecule has 0 spiro atoms. The van der Waals surface area contributed by atoms with Crippen LogP contribution in [0.5, 0.6) is 0 Å². The number of rotatable bonds is 1. The number of nitrogens with two attached hydrogens (primary N) is 1. The number of nitrogens with one attached hydrogen (secondary N) is 1. The molecule has 3 rings (SSSR count). The van der Waals surface area contributed by atoms with Crippen molar-refractivity contribution in [3.8, 4) is 0 Å². The fourth-order valence-electron chi connectivity index (χ4n) is 3.78. The summed E-state index contributed by atoms with van der Waals surface area (Å²) in [5.74, 6) is 3.52. The first-order valence-corrected chi connectivity index (χ1v) is 6.31. The van der Waals surface area contributed by atoms with Crippen molar-refractivity contribution in [1.29, 1.82) is 5.41 Å². The van der Waals surface area contributed by atoms with Gasteiger partial charge in [0.15, 0.2) is 5.17 Å². The van der Waals surface area contributed by atoms with E-state index in [0.29, 0.717) is 10.4 Å². The Kier molecular flexibility index (Phi) is 1.91. The van der Waals surface area contributed by atoms with E-state index >= 15 is 0 Å². The molecule has 5 atom stereocenters. The third kappa shape index (κ3) is 1.14. The van der Waals surface area contributed by atoms with E-state index in [-0.39, 0.29) is 0 Å². The van der Waals surface area contributed by atoms with Gasteiger partial charge in [-0.25, -0.2) is 0 Å². The summed E-state index contributed by atoms with van der Waals surface area (Å²) in [6.07, 6.45) is 8.78. The van der Waals surface area contributed by atoms with E-state index in [0.717, 1.165) is 23.7 Å². The Balaban J connectivity index is 1.76. The molecule has 76 valence electrons. The van der Waals surface area contributed by atoms with Gasteiger partial charge in [-0.15, -0.1) is 0 Å². The molecule has 14 heavy (non-hydrogen) atoms. The van der Waals surface area contributed by atoms with Crippen LogP contribution in [-0.4, -0.2) is 10.4 Å². The number of hydrogen-bond donors (Lipinski definition) is 2. The Hall–Kier alpha value is -0.440. The van der Waals surface area contributed by atoms with E-state index in [4.69, 9.17) is 11.1 Å². The quantitative estimate of drug-likeness (QED) is 0.394. The molecule has 0 aromatic heterocycles. The molecule has 2 fully saturated rings. The number of fused-ring (bicyclic) bond motifs is 5. The van der Waals surface area contributed by atoms with Gasteiger partial charge in [0, 0.05) is 5.25 Å². The molecule has 2 bridgehead atoms. The summed E-state index contributed by atoms with van der Waals surface area (Å²) >= 11 is 1.60. The molecule has 0 radical (unpaired) electrons. The summed E-state index contributed by atoms with van der Waals surface area (Å²) in [7, 11) is 0. The molecule has 3 aliphatic carbocycles. The molecule has 0 heterocycles. The molecule has 0 saturated heterocycles. The van der Waals surface area contributed by atoms with Crippen LogP contribution in [-0.2, 0) is 0 Å². The number of amidine groups is 1. The average Bonchev–Trinajstić information content (AvgIpc) is 2.68. The van der Waals surface area contributed by atoms with Gasteiger partial charge in [-0.2, -0.15) is 0 Å². The highest BCUT2D eigenvalue weighted by atomic mass is 32.2. The van der Waals surface area contributed by atoms with Crippen LogP contribution in [0.2, 0.25) is 0 Å². The Morgan fingerprint density at radius 2 is 2.21 bits per heavy atom. The summed E-state index contributed by atoms with van der Waals surface area (Å²) in [5, 5.41) is 8.30. The maximum atomic E-state index is 7.35. The summed E-state index contributed by atoms with van der Waals surface area (Å²) in [6, 6.07) is 0. The highest BCUT2D eigenvalue weighted by Gasteiger charge is 2.52. The van der Waals surface area contributed by atoms with Crippen molar-refractivity contribution in [3.63, 3.8) is 0 Å². The van der Waals surface area contributed by atoms with Crippen molar-refractivity contribution in [1.82, 2.24) is 0 Å². The minimum absolute atomic E-state index is 0.307. The minimum Gasteiger partial charge on any atom is -0.379 e. The van der Waals surface area contributed by atoms with E-state index in [1.165, 1.54) is 19.3 Å². The lowest BCUT2D eigenvalue weighted by molar-refractivity contribution is 0.292. The monoisotopic (exact) mass is 208 g/mol. The summed E-state index contributed by atoms with van der Waals surface area (Å²) < 4.78 is 0. The van der Waals surface area contributed by atoms with Crippen LogP contribution in [0.3, 0.4) is 0 Å². The first-order chi connectivity index (χ1) is 6.75. The second-order valence-corrected chi connectivity index (χ2v) is 6.10. The second kappa shape index (κ2) is 3.02. The van der Waals surface area contributed by atoms with Crippen molar-refractivity contribution in [3.05, 3.63) is 12.2 Å². The third-order valence-corrected chi connectivity index (χ3v) is 5.33. The molecule has 3 N–H and O–H groups in total. The van der Waals surface area contributed by atoms with Crippen molar-refractivity contribution < 1.29 is 0 Å². The van der Waals surface area contributed by atoms with Gasteiger partial charge in [0.05, 0.1) is 0 Å². The molecule has 0 unspecified atom stereocenters. The van der Waals surface area contributed by atoms with E-state index in [9.17, 15) is 0 Å². The van der Waals surface area contributed by atoms with Crippen LogP contribution < -0.4 is 5.73 Å². The second-order valence-electron chi connectivity index (χ2n) is 4.82. The van der Waals surface area contributed by atoms with Crippen LogP contribution >= 0.6 is 11.8 Å². The van der Waals surface area contributed by atoms with Crippen molar-refractivity contribution in [2.45, 2.75) is 24.5 Å². The lowest BCUT2D eigenvalue weighted by atomic mass is 9.81. The first kappa shape index (κ1) is 8.84. The van der Waals surface area contributed by atoms with Gasteiger partial charge < -0.3 is 5.73 Å². The molecule has 0 amide bonds. The van der Waals surface area contributed by atoms with Crippen LogP contribution in [0, 0.1) is 29.1 Å². The first-order valence-electron chi connectivity index (χ1n) is 5.43. The highest BCUT2D eigenvalue weighted by molar-refractivity contribution is 8.14. The number of hydrogen-bond acceptors (Lipinski definition) is 2. The lowest BCUT2D eigenvalue weighted by Crippen LogP contribution is -2.28. The molecule has 2 saturated carbocycles. The molecular weight excluding hydrogens is 192 g/mol. The Morgan fingerprint density at radius 1 is 1.36 bits per heavy atom. The van der Waals surface area contributed by atoms with Gasteiger partial charge in [0.1, 0.15) is 0 Å².